The topological polar surface area (TPSA) is 92.0 Å². The monoisotopic (exact) mass is 385 g/mol. The minimum absolute atomic E-state index is 0.251. The van der Waals surface area contributed by atoms with E-state index in [4.69, 9.17) is 4.74 Å². The van der Waals surface area contributed by atoms with Gasteiger partial charge in [-0.3, -0.25) is 4.79 Å². The first-order valence-electron chi connectivity index (χ1n) is 9.04. The SMILES string of the molecule is O=C(NCCOc1ccc(F)cc1)c1cnn2ccc(N3CC[C@@H](O)C3)nc12. The number of aliphatic hydroxyl groups excluding tert-OH is 1. The number of β-amino-alcohol motifs (C(OH)–C–C–N with tert-alkyl or cyclic N) is 1. The van der Waals surface area contributed by atoms with E-state index in [0.29, 0.717) is 35.7 Å². The zero-order valence-corrected chi connectivity index (χ0v) is 15.1. The van der Waals surface area contributed by atoms with Crippen molar-refractivity contribution in [2.45, 2.75) is 12.5 Å². The van der Waals surface area contributed by atoms with Crippen molar-refractivity contribution in [3.05, 3.63) is 54.1 Å². The molecule has 1 amide bonds. The maximum absolute atomic E-state index is 12.9. The molecule has 8 nitrogen and oxygen atoms in total. The van der Waals surface area contributed by atoms with E-state index in [1.807, 2.05) is 11.0 Å². The maximum atomic E-state index is 12.9. The predicted octanol–water partition coefficient (Wildman–Crippen LogP) is 1.25. The van der Waals surface area contributed by atoms with Gasteiger partial charge in [0.15, 0.2) is 5.65 Å². The Morgan fingerprint density at radius 1 is 1.32 bits per heavy atom. The molecule has 1 atom stereocenters. The number of ether oxygens (including phenoxy) is 1. The lowest BCUT2D eigenvalue weighted by Gasteiger charge is -2.16. The van der Waals surface area contributed by atoms with E-state index in [1.54, 1.807) is 10.7 Å². The number of benzene rings is 1. The van der Waals surface area contributed by atoms with Gasteiger partial charge < -0.3 is 20.1 Å². The van der Waals surface area contributed by atoms with Gasteiger partial charge in [0, 0.05) is 19.3 Å². The molecular weight excluding hydrogens is 365 g/mol. The zero-order valence-electron chi connectivity index (χ0n) is 15.1. The van der Waals surface area contributed by atoms with E-state index >= 15 is 0 Å². The summed E-state index contributed by atoms with van der Waals surface area (Å²) < 4.78 is 19.9. The summed E-state index contributed by atoms with van der Waals surface area (Å²) >= 11 is 0. The Kier molecular flexibility index (Phi) is 5.07. The van der Waals surface area contributed by atoms with Crippen molar-refractivity contribution in [2.75, 3.05) is 31.1 Å². The number of amides is 1. The molecule has 146 valence electrons. The largest absolute Gasteiger partial charge is 0.492 e. The van der Waals surface area contributed by atoms with Crippen LogP contribution in [0.25, 0.3) is 5.65 Å². The third kappa shape index (κ3) is 3.89. The number of fused-ring (bicyclic) bond motifs is 1. The Morgan fingerprint density at radius 2 is 2.14 bits per heavy atom. The molecule has 0 saturated carbocycles. The average molecular weight is 385 g/mol. The number of nitrogens with one attached hydrogen (secondary N) is 1. The minimum Gasteiger partial charge on any atom is -0.492 e. The number of halogens is 1. The predicted molar refractivity (Wildman–Crippen MR) is 100 cm³/mol. The Balaban J connectivity index is 1.38. The molecule has 1 aromatic carbocycles. The molecule has 2 aromatic heterocycles. The third-order valence-electron chi connectivity index (χ3n) is 4.56. The first-order valence-corrected chi connectivity index (χ1v) is 9.04. The van der Waals surface area contributed by atoms with Gasteiger partial charge in [0.05, 0.1) is 18.8 Å². The van der Waals surface area contributed by atoms with Crippen molar-refractivity contribution in [3.63, 3.8) is 0 Å². The van der Waals surface area contributed by atoms with E-state index in [2.05, 4.69) is 15.4 Å². The van der Waals surface area contributed by atoms with Crippen molar-refractivity contribution in [3.8, 4) is 5.75 Å². The Hall–Kier alpha value is -3.20. The van der Waals surface area contributed by atoms with Crippen LogP contribution in [-0.4, -0.2) is 58.0 Å². The van der Waals surface area contributed by atoms with Gasteiger partial charge in [-0.05, 0) is 36.8 Å². The summed E-state index contributed by atoms with van der Waals surface area (Å²) in [4.78, 5) is 19.0. The first kappa shape index (κ1) is 18.2. The van der Waals surface area contributed by atoms with Crippen molar-refractivity contribution in [1.29, 1.82) is 0 Å². The quantitative estimate of drug-likeness (QED) is 0.621. The summed E-state index contributed by atoms with van der Waals surface area (Å²) in [6, 6.07) is 7.51. The van der Waals surface area contributed by atoms with Gasteiger partial charge in [-0.15, -0.1) is 0 Å². The van der Waals surface area contributed by atoms with Crippen LogP contribution in [0.3, 0.4) is 0 Å². The minimum atomic E-state index is -0.355. The van der Waals surface area contributed by atoms with Crippen molar-refractivity contribution in [2.24, 2.45) is 0 Å². The maximum Gasteiger partial charge on any atom is 0.256 e. The van der Waals surface area contributed by atoms with Gasteiger partial charge in [-0.25, -0.2) is 13.9 Å². The zero-order chi connectivity index (χ0) is 19.5. The number of carbonyl (C=O) groups excluding carboxylic acids is 1. The van der Waals surface area contributed by atoms with Crippen LogP contribution >= 0.6 is 0 Å². The van der Waals surface area contributed by atoms with Gasteiger partial charge in [0.25, 0.3) is 5.91 Å². The number of anilines is 1. The van der Waals surface area contributed by atoms with Crippen LogP contribution in [0.5, 0.6) is 5.75 Å². The molecule has 28 heavy (non-hydrogen) atoms. The average Bonchev–Trinajstić information content (AvgIpc) is 3.32. The van der Waals surface area contributed by atoms with Gasteiger partial charge in [0.1, 0.15) is 29.6 Å². The normalized spacial score (nSPS) is 16.5. The Morgan fingerprint density at radius 3 is 2.89 bits per heavy atom. The molecule has 2 N–H and O–H groups in total. The van der Waals surface area contributed by atoms with Gasteiger partial charge in [0.2, 0.25) is 0 Å². The fraction of sp³-hybridized carbons (Fsp3) is 0.316. The first-order chi connectivity index (χ1) is 13.6. The second-order valence-corrected chi connectivity index (χ2v) is 6.56. The van der Waals surface area contributed by atoms with E-state index < -0.39 is 0 Å². The van der Waals surface area contributed by atoms with Crippen molar-refractivity contribution in [1.82, 2.24) is 19.9 Å². The van der Waals surface area contributed by atoms with Crippen LogP contribution in [0, 0.1) is 5.82 Å². The van der Waals surface area contributed by atoms with E-state index in [1.165, 1.54) is 30.5 Å². The molecule has 0 bridgehead atoms. The molecule has 0 unspecified atom stereocenters. The highest BCUT2D eigenvalue weighted by Gasteiger charge is 2.22. The number of carbonyl (C=O) groups is 1. The lowest BCUT2D eigenvalue weighted by molar-refractivity contribution is 0.0948. The molecule has 9 heteroatoms. The van der Waals surface area contributed by atoms with Crippen LogP contribution in [0.15, 0.2) is 42.7 Å². The van der Waals surface area contributed by atoms with E-state index in [9.17, 15) is 14.3 Å². The van der Waals surface area contributed by atoms with Crippen LogP contribution in [-0.2, 0) is 0 Å². The second kappa shape index (κ2) is 7.81. The molecule has 1 aliphatic rings. The molecule has 3 heterocycles. The summed E-state index contributed by atoms with van der Waals surface area (Å²) in [5.74, 6) is 0.608. The molecule has 3 aromatic rings. The van der Waals surface area contributed by atoms with Gasteiger partial charge in [-0.1, -0.05) is 0 Å². The summed E-state index contributed by atoms with van der Waals surface area (Å²) in [6.07, 6.45) is 3.57. The molecule has 0 spiro atoms. The van der Waals surface area contributed by atoms with Crippen molar-refractivity contribution < 1.29 is 19.0 Å². The standard InChI is InChI=1S/C19H20FN5O3/c20-13-1-3-15(4-2-13)28-10-7-21-19(27)16-11-22-25-9-6-17(23-18(16)25)24-8-5-14(26)12-24/h1-4,6,9,11,14,26H,5,7-8,10,12H2,(H,21,27)/t14-/m1/s1. The van der Waals surface area contributed by atoms with Gasteiger partial charge >= 0.3 is 0 Å². The number of hydrogen-bond acceptors (Lipinski definition) is 6. The van der Waals surface area contributed by atoms with E-state index in [0.717, 1.165) is 6.54 Å². The highest BCUT2D eigenvalue weighted by Crippen LogP contribution is 2.20. The number of hydrogen-bond donors (Lipinski definition) is 2. The van der Waals surface area contributed by atoms with Crippen LogP contribution in [0.2, 0.25) is 0 Å². The summed E-state index contributed by atoms with van der Waals surface area (Å²) in [5.41, 5.74) is 0.819. The lowest BCUT2D eigenvalue weighted by Crippen LogP contribution is -2.28. The molecule has 1 saturated heterocycles. The van der Waals surface area contributed by atoms with Crippen LogP contribution in [0.4, 0.5) is 10.2 Å². The van der Waals surface area contributed by atoms with E-state index in [-0.39, 0.29) is 31.0 Å². The molecular formula is C19H20FN5O3. The summed E-state index contributed by atoms with van der Waals surface area (Å²) in [5, 5.41) is 16.6. The number of aromatic nitrogens is 3. The molecule has 1 aliphatic heterocycles. The molecule has 4 rings (SSSR count). The highest BCUT2D eigenvalue weighted by molar-refractivity contribution is 5.99. The molecule has 1 fully saturated rings. The van der Waals surface area contributed by atoms with Gasteiger partial charge in [-0.2, -0.15) is 5.10 Å². The lowest BCUT2D eigenvalue weighted by atomic mass is 10.3. The number of aliphatic hydroxyl groups is 1. The van der Waals surface area contributed by atoms with Crippen LogP contribution in [0.1, 0.15) is 16.8 Å². The number of nitrogens with zero attached hydrogens (tertiary/aromatic N) is 4. The second-order valence-electron chi connectivity index (χ2n) is 6.56. The Bertz CT molecular complexity index is 975. The fourth-order valence-corrected chi connectivity index (χ4v) is 3.11. The Labute approximate surface area is 160 Å². The van der Waals surface area contributed by atoms with Crippen molar-refractivity contribution >= 4 is 17.4 Å². The number of rotatable bonds is 6. The third-order valence-corrected chi connectivity index (χ3v) is 4.56. The highest BCUT2D eigenvalue weighted by atomic mass is 19.1. The summed E-state index contributed by atoms with van der Waals surface area (Å²) in [7, 11) is 0. The fourth-order valence-electron chi connectivity index (χ4n) is 3.11. The smallest absolute Gasteiger partial charge is 0.256 e. The molecule has 0 aliphatic carbocycles. The molecule has 0 radical (unpaired) electrons. The van der Waals surface area contributed by atoms with Crippen LogP contribution < -0.4 is 15.0 Å². The summed E-state index contributed by atoms with van der Waals surface area (Å²) in [6.45, 7) is 1.78.